The summed E-state index contributed by atoms with van der Waals surface area (Å²) in [5, 5.41) is 7.51. The van der Waals surface area contributed by atoms with Crippen molar-refractivity contribution in [3.8, 4) is 17.1 Å². The average Bonchev–Trinajstić information content (AvgIpc) is 2.97. The molecule has 2 unspecified atom stereocenters. The molecule has 20 heavy (non-hydrogen) atoms. The predicted molar refractivity (Wildman–Crippen MR) is 75.4 cm³/mol. The lowest BCUT2D eigenvalue weighted by atomic mass is 9.94. The third-order valence-electron chi connectivity index (χ3n) is 3.73. The van der Waals surface area contributed by atoms with E-state index < -0.39 is 0 Å². The summed E-state index contributed by atoms with van der Waals surface area (Å²) in [5.41, 5.74) is 0.906. The van der Waals surface area contributed by atoms with Crippen molar-refractivity contribution in [2.24, 2.45) is 5.92 Å². The van der Waals surface area contributed by atoms with Crippen LogP contribution >= 0.6 is 0 Å². The Bertz CT molecular complexity index is 582. The summed E-state index contributed by atoms with van der Waals surface area (Å²) in [5.74, 6) is 2.76. The van der Waals surface area contributed by atoms with Gasteiger partial charge in [0.1, 0.15) is 5.75 Å². The average molecular weight is 273 g/mol. The summed E-state index contributed by atoms with van der Waals surface area (Å²) in [6.45, 7) is 3.26. The SMILES string of the molecule is COc1cccc(-c2noc(C3CC(C)CCN3)n2)c1. The van der Waals surface area contributed by atoms with E-state index >= 15 is 0 Å². The molecule has 2 aromatic rings. The van der Waals surface area contributed by atoms with E-state index in [0.717, 1.165) is 24.3 Å². The van der Waals surface area contributed by atoms with Gasteiger partial charge in [0.25, 0.3) is 0 Å². The fourth-order valence-corrected chi connectivity index (χ4v) is 2.55. The number of piperidine rings is 1. The molecule has 1 N–H and O–H groups in total. The molecule has 0 saturated carbocycles. The van der Waals surface area contributed by atoms with Gasteiger partial charge >= 0.3 is 0 Å². The van der Waals surface area contributed by atoms with Gasteiger partial charge in [-0.1, -0.05) is 24.2 Å². The minimum absolute atomic E-state index is 0.172. The predicted octanol–water partition coefficient (Wildman–Crippen LogP) is 2.81. The number of aromatic nitrogens is 2. The van der Waals surface area contributed by atoms with Gasteiger partial charge in [0.05, 0.1) is 13.2 Å². The van der Waals surface area contributed by atoms with Crippen LogP contribution in [-0.2, 0) is 0 Å². The zero-order valence-electron chi connectivity index (χ0n) is 11.8. The first-order valence-corrected chi connectivity index (χ1v) is 6.97. The van der Waals surface area contributed by atoms with E-state index in [9.17, 15) is 0 Å². The Balaban J connectivity index is 1.82. The van der Waals surface area contributed by atoms with Crippen molar-refractivity contribution in [3.05, 3.63) is 30.2 Å². The highest BCUT2D eigenvalue weighted by Crippen LogP contribution is 2.28. The molecular formula is C15H19N3O2. The third-order valence-corrected chi connectivity index (χ3v) is 3.73. The Hall–Kier alpha value is -1.88. The lowest BCUT2D eigenvalue weighted by Gasteiger charge is -2.25. The van der Waals surface area contributed by atoms with Gasteiger partial charge in [0, 0.05) is 5.56 Å². The van der Waals surface area contributed by atoms with Crippen LogP contribution in [0.5, 0.6) is 5.75 Å². The molecule has 0 radical (unpaired) electrons. The molecule has 0 spiro atoms. The van der Waals surface area contributed by atoms with Gasteiger partial charge in [-0.3, -0.25) is 0 Å². The van der Waals surface area contributed by atoms with E-state index in [2.05, 4.69) is 22.4 Å². The first-order valence-electron chi connectivity index (χ1n) is 6.97. The molecule has 0 bridgehead atoms. The molecule has 1 aromatic heterocycles. The molecule has 5 nitrogen and oxygen atoms in total. The van der Waals surface area contributed by atoms with E-state index in [1.54, 1.807) is 7.11 Å². The lowest BCUT2D eigenvalue weighted by molar-refractivity contribution is 0.260. The Labute approximate surface area is 118 Å². The van der Waals surface area contributed by atoms with Crippen molar-refractivity contribution in [3.63, 3.8) is 0 Å². The van der Waals surface area contributed by atoms with Crippen LogP contribution in [0.1, 0.15) is 31.7 Å². The highest BCUT2D eigenvalue weighted by Gasteiger charge is 2.24. The van der Waals surface area contributed by atoms with Crippen LogP contribution in [0.3, 0.4) is 0 Å². The summed E-state index contributed by atoms with van der Waals surface area (Å²) >= 11 is 0. The van der Waals surface area contributed by atoms with E-state index in [-0.39, 0.29) is 6.04 Å². The van der Waals surface area contributed by atoms with Crippen LogP contribution < -0.4 is 10.1 Å². The number of rotatable bonds is 3. The standard InChI is InChI=1S/C15H19N3O2/c1-10-6-7-16-13(8-10)15-17-14(18-20-15)11-4-3-5-12(9-11)19-2/h3-5,9-10,13,16H,6-8H2,1-2H3. The van der Waals surface area contributed by atoms with Crippen molar-refractivity contribution >= 4 is 0 Å². The topological polar surface area (TPSA) is 60.2 Å². The summed E-state index contributed by atoms with van der Waals surface area (Å²) < 4.78 is 10.6. The maximum atomic E-state index is 5.42. The molecule has 1 aromatic carbocycles. The van der Waals surface area contributed by atoms with Crippen LogP contribution in [0.25, 0.3) is 11.4 Å². The number of benzene rings is 1. The number of hydrogen-bond donors (Lipinski definition) is 1. The molecule has 1 aliphatic rings. The van der Waals surface area contributed by atoms with Gasteiger partial charge in [0.2, 0.25) is 11.7 Å². The fraction of sp³-hybridized carbons (Fsp3) is 0.467. The molecule has 106 valence electrons. The molecule has 3 rings (SSSR count). The molecule has 1 aliphatic heterocycles. The highest BCUT2D eigenvalue weighted by atomic mass is 16.5. The van der Waals surface area contributed by atoms with Gasteiger partial charge in [-0.2, -0.15) is 4.98 Å². The third kappa shape index (κ3) is 2.67. The Morgan fingerprint density at radius 1 is 1.40 bits per heavy atom. The fourth-order valence-electron chi connectivity index (χ4n) is 2.55. The van der Waals surface area contributed by atoms with Crippen LogP contribution in [0, 0.1) is 5.92 Å². The maximum absolute atomic E-state index is 5.42. The summed E-state index contributed by atoms with van der Waals surface area (Å²) in [6, 6.07) is 7.85. The molecule has 0 amide bonds. The van der Waals surface area contributed by atoms with Crippen molar-refractivity contribution in [1.82, 2.24) is 15.5 Å². The second kappa shape index (κ2) is 5.63. The molecule has 1 fully saturated rings. The Kier molecular flexibility index (Phi) is 3.69. The van der Waals surface area contributed by atoms with Crippen LogP contribution in [0.2, 0.25) is 0 Å². The van der Waals surface area contributed by atoms with Crippen molar-refractivity contribution < 1.29 is 9.26 Å². The molecular weight excluding hydrogens is 254 g/mol. The number of hydrogen-bond acceptors (Lipinski definition) is 5. The largest absolute Gasteiger partial charge is 0.497 e. The summed E-state index contributed by atoms with van der Waals surface area (Å²) in [4.78, 5) is 4.52. The molecule has 2 heterocycles. The van der Waals surface area contributed by atoms with Gasteiger partial charge in [-0.25, -0.2) is 0 Å². The Morgan fingerprint density at radius 2 is 2.30 bits per heavy atom. The van der Waals surface area contributed by atoms with Crippen molar-refractivity contribution in [2.75, 3.05) is 13.7 Å². The van der Waals surface area contributed by atoms with Crippen LogP contribution in [0.15, 0.2) is 28.8 Å². The smallest absolute Gasteiger partial charge is 0.244 e. The van der Waals surface area contributed by atoms with Crippen LogP contribution in [-0.4, -0.2) is 23.8 Å². The Morgan fingerprint density at radius 3 is 3.10 bits per heavy atom. The van der Waals surface area contributed by atoms with Crippen LogP contribution in [0.4, 0.5) is 0 Å². The summed E-state index contributed by atoms with van der Waals surface area (Å²) in [6.07, 6.45) is 2.24. The second-order valence-corrected chi connectivity index (χ2v) is 5.32. The molecule has 2 atom stereocenters. The first kappa shape index (κ1) is 13.1. The van der Waals surface area contributed by atoms with Crippen molar-refractivity contribution in [2.45, 2.75) is 25.8 Å². The molecule has 1 saturated heterocycles. The maximum Gasteiger partial charge on any atom is 0.244 e. The van der Waals surface area contributed by atoms with Crippen molar-refractivity contribution in [1.29, 1.82) is 0 Å². The van der Waals surface area contributed by atoms with E-state index in [0.29, 0.717) is 17.6 Å². The quantitative estimate of drug-likeness (QED) is 0.931. The summed E-state index contributed by atoms with van der Waals surface area (Å²) in [7, 11) is 1.65. The van der Waals surface area contributed by atoms with Gasteiger partial charge < -0.3 is 14.6 Å². The number of ether oxygens (including phenoxy) is 1. The van der Waals surface area contributed by atoms with Gasteiger partial charge in [-0.05, 0) is 37.4 Å². The monoisotopic (exact) mass is 273 g/mol. The van der Waals surface area contributed by atoms with Gasteiger partial charge in [0.15, 0.2) is 0 Å². The number of nitrogens with zero attached hydrogens (tertiary/aromatic N) is 2. The zero-order valence-corrected chi connectivity index (χ0v) is 11.8. The minimum Gasteiger partial charge on any atom is -0.497 e. The molecule has 5 heteroatoms. The van der Waals surface area contributed by atoms with E-state index in [1.807, 2.05) is 24.3 Å². The zero-order chi connectivity index (χ0) is 13.9. The molecule has 0 aliphatic carbocycles. The first-order chi connectivity index (χ1) is 9.76. The minimum atomic E-state index is 0.172. The lowest BCUT2D eigenvalue weighted by Crippen LogP contribution is -2.30. The van der Waals surface area contributed by atoms with E-state index in [1.165, 1.54) is 6.42 Å². The highest BCUT2D eigenvalue weighted by molar-refractivity contribution is 5.56. The number of methoxy groups -OCH3 is 1. The second-order valence-electron chi connectivity index (χ2n) is 5.32. The van der Waals surface area contributed by atoms with Gasteiger partial charge in [-0.15, -0.1) is 0 Å². The normalized spacial score (nSPS) is 22.7. The van der Waals surface area contributed by atoms with E-state index in [4.69, 9.17) is 9.26 Å². The number of nitrogens with one attached hydrogen (secondary N) is 1.